The maximum Gasteiger partial charge on any atom is 0.415 e. The number of likely N-dealkylation sites (N-methyl/N-ethyl adjacent to an activating group) is 1. The number of aliphatic hydroxyl groups is 2. The van der Waals surface area contributed by atoms with Gasteiger partial charge < -0.3 is 50.7 Å². The molecule has 3 aliphatic carbocycles. The van der Waals surface area contributed by atoms with E-state index < -0.39 is 23.5 Å². The number of carboxylic acids is 1. The van der Waals surface area contributed by atoms with Gasteiger partial charge in [0, 0.05) is 85.5 Å². The number of aliphatic carboxylic acids is 1. The molecule has 9 unspecified atom stereocenters. The molecule has 0 saturated heterocycles. The SMILES string of the molecule is C=c1c(C)c(O)c(=C)c(C(C)(C)CC(=O)N(C)CCN(CCCC(=O)NCCCCC(NC(=O)CCC(C)C2CCCC2(C)CCC2CC(O)CC3CC(O)CCC23C)C(=O)O)C(=O)Oc2ccc3nc(C#N)sc3c2)c1O. The maximum absolute atomic E-state index is 13.7. The fourth-order valence-corrected chi connectivity index (χ4v) is 14.1. The quantitative estimate of drug-likeness (QED) is 0.0315. The van der Waals surface area contributed by atoms with Crippen LogP contribution in [-0.2, 0) is 24.6 Å². The summed E-state index contributed by atoms with van der Waals surface area (Å²) in [7, 11) is 1.59. The predicted octanol–water partition coefficient (Wildman–Crippen LogP) is 7.91. The van der Waals surface area contributed by atoms with Gasteiger partial charge in [0.15, 0.2) is 5.01 Å². The zero-order valence-corrected chi connectivity index (χ0v) is 47.9. The number of aromatic hydroxyl groups is 2. The van der Waals surface area contributed by atoms with Crippen molar-refractivity contribution in [2.75, 3.05) is 33.2 Å². The second kappa shape index (κ2) is 26.5. The Labute approximate surface area is 464 Å². The molecule has 6 rings (SSSR count). The zero-order chi connectivity index (χ0) is 57.3. The van der Waals surface area contributed by atoms with Crippen molar-refractivity contribution in [3.8, 4) is 23.3 Å². The van der Waals surface area contributed by atoms with Crippen LogP contribution in [0.15, 0.2) is 18.2 Å². The first-order valence-corrected chi connectivity index (χ1v) is 29.0. The topological polar surface area (TPSA) is 263 Å². The molecular weight excluding hydrogens is 1010 g/mol. The minimum atomic E-state index is -1.11. The molecule has 1 heterocycles. The summed E-state index contributed by atoms with van der Waals surface area (Å²) in [6.45, 7) is 20.5. The number of aromatic nitrogens is 1. The van der Waals surface area contributed by atoms with Crippen LogP contribution in [0, 0.1) is 52.8 Å². The van der Waals surface area contributed by atoms with Crippen molar-refractivity contribution in [1.82, 2.24) is 25.4 Å². The highest BCUT2D eigenvalue weighted by molar-refractivity contribution is 7.19. The first kappa shape index (κ1) is 61.4. The lowest BCUT2D eigenvalue weighted by Gasteiger charge is -2.53. The number of hydrogen-bond acceptors (Lipinski definition) is 13. The molecule has 0 bridgehead atoms. The Hall–Kier alpha value is -5.77. The lowest BCUT2D eigenvalue weighted by atomic mass is 9.53. The predicted molar refractivity (Wildman–Crippen MR) is 301 cm³/mol. The summed E-state index contributed by atoms with van der Waals surface area (Å²) in [6, 6.07) is 5.80. The number of phenolic OH excluding ortho intramolecular Hbond substituents is 2. The lowest BCUT2D eigenvalue weighted by Crippen LogP contribution is -2.48. The van der Waals surface area contributed by atoms with E-state index in [9.17, 15) is 54.8 Å². The van der Waals surface area contributed by atoms with Crippen molar-refractivity contribution < 1.29 is 54.2 Å². The van der Waals surface area contributed by atoms with Crippen LogP contribution < -0.4 is 25.8 Å². The molecule has 3 aliphatic rings. The van der Waals surface area contributed by atoms with Crippen molar-refractivity contribution in [2.24, 2.45) is 34.5 Å². The number of hydrogen-bond donors (Lipinski definition) is 7. The van der Waals surface area contributed by atoms with Gasteiger partial charge in [-0.25, -0.2) is 14.6 Å². The van der Waals surface area contributed by atoms with Crippen LogP contribution in [0.5, 0.6) is 17.2 Å². The number of nitrogens with one attached hydrogen (secondary N) is 2. The number of thiazole rings is 1. The highest BCUT2D eigenvalue weighted by atomic mass is 32.1. The third kappa shape index (κ3) is 15.1. The number of ether oxygens (including phenoxy) is 1. The molecule has 17 nitrogen and oxygen atoms in total. The summed E-state index contributed by atoms with van der Waals surface area (Å²) in [6.07, 6.45) is 10.7. The summed E-state index contributed by atoms with van der Waals surface area (Å²) in [5, 5.41) is 68.6. The molecule has 78 heavy (non-hydrogen) atoms. The van der Waals surface area contributed by atoms with Crippen molar-refractivity contribution in [1.29, 1.82) is 5.26 Å². The normalized spacial score (nSPS) is 23.9. The van der Waals surface area contributed by atoms with Gasteiger partial charge in [-0.05, 0) is 143 Å². The Balaban J connectivity index is 0.941. The van der Waals surface area contributed by atoms with Gasteiger partial charge in [-0.2, -0.15) is 5.26 Å². The maximum atomic E-state index is 13.7. The molecule has 3 aromatic rings. The largest absolute Gasteiger partial charge is 0.507 e. The number of fused-ring (bicyclic) bond motifs is 2. The Kier molecular flexibility index (Phi) is 20.8. The number of phenols is 2. The summed E-state index contributed by atoms with van der Waals surface area (Å²) in [4.78, 5) is 73.0. The number of carbonyl (C=O) groups excluding carboxylic acids is 4. The van der Waals surface area contributed by atoms with Gasteiger partial charge in [-0.1, -0.05) is 54.2 Å². The number of aliphatic hydroxyl groups excluding tert-OH is 2. The number of nitrogens with zero attached hydrogens (tertiary/aromatic N) is 4. The molecule has 9 atom stereocenters. The van der Waals surface area contributed by atoms with Crippen LogP contribution in [-0.4, -0.2) is 122 Å². The molecule has 1 aromatic heterocycles. The second-order valence-corrected chi connectivity index (χ2v) is 25.2. The Morgan fingerprint density at radius 2 is 1.68 bits per heavy atom. The average Bonchev–Trinajstić information content (AvgIpc) is 4.05. The van der Waals surface area contributed by atoms with E-state index in [2.05, 4.69) is 49.5 Å². The van der Waals surface area contributed by atoms with E-state index in [0.717, 1.165) is 75.5 Å². The number of amides is 4. The van der Waals surface area contributed by atoms with Crippen LogP contribution in [0.3, 0.4) is 0 Å². The smallest absolute Gasteiger partial charge is 0.415 e. The van der Waals surface area contributed by atoms with Crippen LogP contribution in [0.4, 0.5) is 4.79 Å². The van der Waals surface area contributed by atoms with Gasteiger partial charge in [0.1, 0.15) is 29.4 Å². The summed E-state index contributed by atoms with van der Waals surface area (Å²) in [5.74, 6) is -0.457. The number of benzene rings is 2. The zero-order valence-electron chi connectivity index (χ0n) is 47.1. The van der Waals surface area contributed by atoms with Crippen LogP contribution in [0.2, 0.25) is 0 Å². The van der Waals surface area contributed by atoms with E-state index in [1.807, 2.05) is 6.07 Å². The number of carbonyl (C=O) groups is 5. The molecule has 7 N–H and O–H groups in total. The van der Waals surface area contributed by atoms with Crippen molar-refractivity contribution in [3.63, 3.8) is 0 Å². The molecule has 0 aliphatic heterocycles. The molecular formula is C60H86N6O11S. The minimum absolute atomic E-state index is 0.0479. The van der Waals surface area contributed by atoms with Gasteiger partial charge >= 0.3 is 12.1 Å². The molecule has 18 heteroatoms. The van der Waals surface area contributed by atoms with Crippen LogP contribution in [0.1, 0.15) is 166 Å². The fourth-order valence-electron chi connectivity index (χ4n) is 13.3. The van der Waals surface area contributed by atoms with Gasteiger partial charge in [0.2, 0.25) is 17.7 Å². The Morgan fingerprint density at radius 1 is 0.949 bits per heavy atom. The molecule has 3 fully saturated rings. The van der Waals surface area contributed by atoms with E-state index in [1.54, 1.807) is 46.0 Å². The van der Waals surface area contributed by atoms with E-state index in [4.69, 9.17) is 4.74 Å². The Bertz CT molecular complexity index is 2790. The van der Waals surface area contributed by atoms with Gasteiger partial charge in [0.05, 0.1) is 22.4 Å². The van der Waals surface area contributed by atoms with E-state index in [0.29, 0.717) is 58.4 Å². The third-order valence-corrected chi connectivity index (χ3v) is 19.2. The van der Waals surface area contributed by atoms with Crippen molar-refractivity contribution >= 4 is 64.5 Å². The molecule has 0 radical (unpaired) electrons. The number of unbranched alkanes of at least 4 members (excludes halogenated alkanes) is 1. The number of nitriles is 1. The molecule has 0 spiro atoms. The van der Waals surface area contributed by atoms with Crippen LogP contribution in [0.25, 0.3) is 23.4 Å². The first-order valence-electron chi connectivity index (χ1n) is 28.2. The van der Waals surface area contributed by atoms with Crippen LogP contribution >= 0.6 is 11.3 Å². The first-order chi connectivity index (χ1) is 36.8. The summed E-state index contributed by atoms with van der Waals surface area (Å²) < 4.78 is 6.42. The third-order valence-electron chi connectivity index (χ3n) is 18.2. The summed E-state index contributed by atoms with van der Waals surface area (Å²) >= 11 is 1.16. The minimum Gasteiger partial charge on any atom is -0.507 e. The standard InChI is InChI=1S/C60H86N6O11S/c1-36(45-14-12-23-59(45,7)24-21-40-30-43(68)32-41-31-42(67)22-25-60(40,41)8)17-20-50(70)63-47(56(74)75)15-10-11-26-62-49(69)16-13-27-66(57(76)77-44-18-19-46-48(33-44)78-51(35-61)64-46)29-28-65(9)52(71)34-58(5,6)53-39(4)54(72)37(2)38(3)55(53)73/h18-19,33,36,40-43,45,47,67-68,72-73H,3-4,10-17,20-32,34H2,1-2,5-9H3,(H,62,69)(H,63,70)(H,74,75). The molecule has 3 saturated carbocycles. The van der Waals surface area contributed by atoms with E-state index in [1.165, 1.54) is 9.80 Å². The van der Waals surface area contributed by atoms with E-state index in [-0.39, 0.29) is 138 Å². The molecule has 428 valence electrons. The van der Waals surface area contributed by atoms with Crippen molar-refractivity contribution in [2.45, 2.75) is 181 Å². The molecule has 2 aromatic carbocycles. The number of carboxylic acid groups (broad SMARTS) is 1. The second-order valence-electron chi connectivity index (χ2n) is 24.2. The lowest BCUT2D eigenvalue weighted by molar-refractivity contribution is -0.142. The number of rotatable bonds is 25. The summed E-state index contributed by atoms with van der Waals surface area (Å²) in [5.41, 5.74) is 0.610. The van der Waals surface area contributed by atoms with Crippen molar-refractivity contribution in [3.05, 3.63) is 44.8 Å². The molecule has 4 amide bonds. The highest BCUT2D eigenvalue weighted by Gasteiger charge is 2.50. The van der Waals surface area contributed by atoms with E-state index >= 15 is 0 Å². The average molecular weight is 1100 g/mol. The van der Waals surface area contributed by atoms with Gasteiger partial charge in [0.25, 0.3) is 0 Å². The van der Waals surface area contributed by atoms with Gasteiger partial charge in [-0.3, -0.25) is 14.4 Å². The van der Waals surface area contributed by atoms with Gasteiger partial charge in [-0.15, -0.1) is 11.3 Å². The Morgan fingerprint density at radius 3 is 2.40 bits per heavy atom. The fraction of sp³-hybridized carbons (Fsp3) is 0.650. The highest BCUT2D eigenvalue weighted by Crippen LogP contribution is 2.57. The monoisotopic (exact) mass is 1100 g/mol.